The molecule has 22 heavy (non-hydrogen) atoms. The number of aromatic nitrogens is 2. The molecule has 0 amide bonds. The minimum atomic E-state index is -0.473. The Hall–Kier alpha value is -2.36. The van der Waals surface area contributed by atoms with Gasteiger partial charge in [-0.05, 0) is 43.4 Å². The van der Waals surface area contributed by atoms with Gasteiger partial charge in [0.25, 0.3) is 5.56 Å². The van der Waals surface area contributed by atoms with Crippen LogP contribution < -0.4 is 11.2 Å². The molecule has 116 valence electrons. The summed E-state index contributed by atoms with van der Waals surface area (Å²) in [5.74, 6) is 0. The lowest BCUT2D eigenvalue weighted by Crippen LogP contribution is -2.23. The molecule has 1 aromatic heterocycles. The van der Waals surface area contributed by atoms with E-state index in [4.69, 9.17) is 0 Å². The van der Waals surface area contributed by atoms with E-state index in [1.54, 1.807) is 0 Å². The number of rotatable bonds is 4. The number of nitrogens with one attached hydrogen (secondary N) is 2. The van der Waals surface area contributed by atoms with Crippen LogP contribution in [-0.2, 0) is 6.42 Å². The molecule has 0 saturated heterocycles. The number of benzene rings is 1. The van der Waals surface area contributed by atoms with E-state index in [1.165, 1.54) is 0 Å². The lowest BCUT2D eigenvalue weighted by atomic mass is 9.90. The third kappa shape index (κ3) is 2.69. The second-order valence-corrected chi connectivity index (χ2v) is 5.25. The molecule has 1 heterocycles. The molecule has 0 bridgehead atoms. The first-order valence-corrected chi connectivity index (χ1v) is 7.66. The smallest absolute Gasteiger partial charge is 0.306 e. The van der Waals surface area contributed by atoms with Gasteiger partial charge in [0.2, 0.25) is 0 Å². The van der Waals surface area contributed by atoms with Gasteiger partial charge in [0.1, 0.15) is 0 Å². The van der Waals surface area contributed by atoms with Gasteiger partial charge in [-0.25, -0.2) is 4.79 Å². The van der Waals surface area contributed by atoms with Crippen molar-refractivity contribution in [3.05, 3.63) is 55.2 Å². The van der Waals surface area contributed by atoms with Crippen LogP contribution in [0.3, 0.4) is 0 Å². The highest BCUT2D eigenvalue weighted by atomic mass is 16.2. The highest BCUT2D eigenvalue weighted by molar-refractivity contribution is 5.95. The van der Waals surface area contributed by atoms with Crippen molar-refractivity contribution < 1.29 is 0 Å². The quantitative estimate of drug-likeness (QED) is 0.906. The van der Waals surface area contributed by atoms with Crippen molar-refractivity contribution in [3.63, 3.8) is 0 Å². The Morgan fingerprint density at radius 1 is 1.05 bits per heavy atom. The Labute approximate surface area is 129 Å². The van der Waals surface area contributed by atoms with Gasteiger partial charge in [-0.15, -0.1) is 0 Å². The van der Waals surface area contributed by atoms with E-state index in [1.807, 2.05) is 38.2 Å². The molecule has 2 aromatic rings. The van der Waals surface area contributed by atoms with Crippen LogP contribution in [0.5, 0.6) is 0 Å². The Kier molecular flexibility index (Phi) is 4.81. The third-order valence-electron chi connectivity index (χ3n) is 3.87. The van der Waals surface area contributed by atoms with E-state index in [2.05, 4.69) is 23.8 Å². The summed E-state index contributed by atoms with van der Waals surface area (Å²) < 4.78 is 0. The highest BCUT2D eigenvalue weighted by Gasteiger charge is 2.16. The first kappa shape index (κ1) is 16.0. The highest BCUT2D eigenvalue weighted by Crippen LogP contribution is 2.29. The Morgan fingerprint density at radius 2 is 1.77 bits per heavy atom. The van der Waals surface area contributed by atoms with E-state index in [9.17, 15) is 9.59 Å². The van der Waals surface area contributed by atoms with Crippen molar-refractivity contribution in [2.24, 2.45) is 0 Å². The summed E-state index contributed by atoms with van der Waals surface area (Å²) in [5.41, 5.74) is 3.86. The summed E-state index contributed by atoms with van der Waals surface area (Å²) in [5, 5.41) is 0.552. The van der Waals surface area contributed by atoms with Gasteiger partial charge < -0.3 is 4.98 Å². The molecular weight excluding hydrogens is 276 g/mol. The molecule has 2 N–H and O–H groups in total. The van der Waals surface area contributed by atoms with Crippen LogP contribution in [0, 0.1) is 6.92 Å². The van der Waals surface area contributed by atoms with Crippen LogP contribution in [0.2, 0.25) is 0 Å². The average molecular weight is 298 g/mol. The molecule has 4 heteroatoms. The zero-order valence-corrected chi connectivity index (χ0v) is 13.5. The fraction of sp³-hybridized carbons (Fsp3) is 0.333. The first-order chi connectivity index (χ1) is 10.5. The van der Waals surface area contributed by atoms with Crippen LogP contribution in [0.25, 0.3) is 23.1 Å². The minimum absolute atomic E-state index is 0.340. The SMILES string of the molecule is C/C=C\c1c(CC)c(C)c(/C=C\CC)c2[nH]c(=O)[nH]c(=O)c12. The van der Waals surface area contributed by atoms with Crippen LogP contribution in [-0.4, -0.2) is 9.97 Å². The number of hydrogen-bond acceptors (Lipinski definition) is 2. The number of fused-ring (bicyclic) bond motifs is 1. The average Bonchev–Trinajstić information content (AvgIpc) is 2.46. The number of aromatic amines is 2. The van der Waals surface area contributed by atoms with Crippen molar-refractivity contribution in [2.75, 3.05) is 0 Å². The summed E-state index contributed by atoms with van der Waals surface area (Å²) in [6, 6.07) is 0. The van der Waals surface area contributed by atoms with Crippen LogP contribution >= 0.6 is 0 Å². The summed E-state index contributed by atoms with van der Waals surface area (Å²) in [6.45, 7) is 8.10. The van der Waals surface area contributed by atoms with E-state index in [0.717, 1.165) is 35.1 Å². The topological polar surface area (TPSA) is 65.7 Å². The van der Waals surface area contributed by atoms with E-state index in [-0.39, 0.29) is 5.56 Å². The van der Waals surface area contributed by atoms with Gasteiger partial charge in [0, 0.05) is 5.56 Å². The molecule has 0 saturated carbocycles. The van der Waals surface area contributed by atoms with E-state index in [0.29, 0.717) is 10.9 Å². The first-order valence-electron chi connectivity index (χ1n) is 7.66. The fourth-order valence-corrected chi connectivity index (χ4v) is 2.90. The molecule has 0 aliphatic carbocycles. The molecule has 0 aliphatic heterocycles. The van der Waals surface area contributed by atoms with Gasteiger partial charge in [0.05, 0.1) is 10.9 Å². The maximum Gasteiger partial charge on any atom is 0.326 e. The second kappa shape index (κ2) is 6.60. The third-order valence-corrected chi connectivity index (χ3v) is 3.87. The van der Waals surface area contributed by atoms with E-state index < -0.39 is 5.69 Å². The van der Waals surface area contributed by atoms with E-state index >= 15 is 0 Å². The van der Waals surface area contributed by atoms with Crippen molar-refractivity contribution in [1.82, 2.24) is 9.97 Å². The number of H-pyrrole nitrogens is 2. The zero-order valence-electron chi connectivity index (χ0n) is 13.5. The maximum absolute atomic E-state index is 12.4. The van der Waals surface area contributed by atoms with Crippen LogP contribution in [0.4, 0.5) is 0 Å². The Balaban J connectivity index is 3.11. The van der Waals surface area contributed by atoms with Crippen molar-refractivity contribution in [1.29, 1.82) is 0 Å². The summed E-state index contributed by atoms with van der Waals surface area (Å²) in [4.78, 5) is 29.2. The Bertz CT molecular complexity index is 867. The lowest BCUT2D eigenvalue weighted by molar-refractivity contribution is 1.06. The van der Waals surface area contributed by atoms with Gasteiger partial charge in [-0.3, -0.25) is 9.78 Å². The molecule has 0 unspecified atom stereocenters. The standard InChI is InChI=1S/C18H22N2O2/c1-5-8-10-13-11(4)12(7-3)14(9-6-2)15-16(13)19-18(22)20-17(15)21/h6,8-10H,5,7H2,1-4H3,(H2,19,20,21,22)/b9-6-,10-8-. The van der Waals surface area contributed by atoms with Gasteiger partial charge in [-0.1, -0.05) is 38.2 Å². The zero-order chi connectivity index (χ0) is 16.3. The lowest BCUT2D eigenvalue weighted by Gasteiger charge is -2.15. The maximum atomic E-state index is 12.4. The number of allylic oxidation sites excluding steroid dienone is 2. The summed E-state index contributed by atoms with van der Waals surface area (Å²) >= 11 is 0. The molecule has 0 aliphatic rings. The monoisotopic (exact) mass is 298 g/mol. The molecule has 0 radical (unpaired) electrons. The minimum Gasteiger partial charge on any atom is -0.306 e. The molecule has 4 nitrogen and oxygen atoms in total. The van der Waals surface area contributed by atoms with Crippen molar-refractivity contribution >= 4 is 23.1 Å². The Morgan fingerprint density at radius 3 is 2.36 bits per heavy atom. The van der Waals surface area contributed by atoms with Gasteiger partial charge >= 0.3 is 5.69 Å². The fourth-order valence-electron chi connectivity index (χ4n) is 2.90. The van der Waals surface area contributed by atoms with Crippen LogP contribution in [0.1, 0.15) is 49.4 Å². The predicted octanol–water partition coefficient (Wildman–Crippen LogP) is 3.54. The second-order valence-electron chi connectivity index (χ2n) is 5.25. The number of hydrogen-bond donors (Lipinski definition) is 2. The van der Waals surface area contributed by atoms with Crippen molar-refractivity contribution in [2.45, 2.75) is 40.5 Å². The van der Waals surface area contributed by atoms with Crippen LogP contribution in [0.15, 0.2) is 21.7 Å². The molecule has 0 atom stereocenters. The van der Waals surface area contributed by atoms with Gasteiger partial charge in [-0.2, -0.15) is 0 Å². The molecule has 0 fully saturated rings. The predicted molar refractivity (Wildman–Crippen MR) is 93.3 cm³/mol. The van der Waals surface area contributed by atoms with Gasteiger partial charge in [0.15, 0.2) is 0 Å². The van der Waals surface area contributed by atoms with Crippen molar-refractivity contribution in [3.8, 4) is 0 Å². The summed E-state index contributed by atoms with van der Waals surface area (Å²) in [7, 11) is 0. The molecular formula is C18H22N2O2. The molecule has 0 spiro atoms. The molecule has 2 rings (SSSR count). The molecule has 1 aromatic carbocycles. The normalized spacial score (nSPS) is 12.0. The summed E-state index contributed by atoms with van der Waals surface area (Å²) in [6.07, 6.45) is 9.61. The largest absolute Gasteiger partial charge is 0.326 e.